The highest BCUT2D eigenvalue weighted by atomic mass is 35.5. The molecule has 0 aromatic heterocycles. The minimum atomic E-state index is -3.39. The number of esters is 1. The van der Waals surface area contributed by atoms with Gasteiger partial charge in [-0.2, -0.15) is 0 Å². The van der Waals surface area contributed by atoms with Gasteiger partial charge in [-0.15, -0.1) is 12.4 Å². The van der Waals surface area contributed by atoms with E-state index in [4.69, 9.17) is 5.73 Å². The number of carbonyl (C=O) groups is 1. The van der Waals surface area contributed by atoms with Crippen molar-refractivity contribution in [3.63, 3.8) is 0 Å². The van der Waals surface area contributed by atoms with E-state index in [1.165, 1.54) is 11.4 Å². The molecule has 2 rings (SSSR count). The van der Waals surface area contributed by atoms with Crippen molar-refractivity contribution in [2.45, 2.75) is 31.6 Å². The van der Waals surface area contributed by atoms with Crippen LogP contribution in [0.2, 0.25) is 0 Å². The van der Waals surface area contributed by atoms with E-state index in [1.807, 2.05) is 6.92 Å². The van der Waals surface area contributed by atoms with Gasteiger partial charge < -0.3 is 10.5 Å². The molecule has 1 saturated heterocycles. The molecule has 136 valence electrons. The van der Waals surface area contributed by atoms with Gasteiger partial charge in [0.1, 0.15) is 0 Å². The zero-order valence-corrected chi connectivity index (χ0v) is 15.6. The second-order valence-corrected chi connectivity index (χ2v) is 8.01. The molecule has 1 unspecified atom stereocenters. The summed E-state index contributed by atoms with van der Waals surface area (Å²) in [7, 11) is -2.09. The van der Waals surface area contributed by atoms with Crippen molar-refractivity contribution in [1.29, 1.82) is 0 Å². The van der Waals surface area contributed by atoms with E-state index >= 15 is 0 Å². The highest BCUT2D eigenvalue weighted by molar-refractivity contribution is 7.88. The third-order valence-electron chi connectivity index (χ3n) is 4.33. The maximum Gasteiger partial charge on any atom is 0.337 e. The number of sulfonamides is 1. The predicted octanol–water partition coefficient (Wildman–Crippen LogP) is 1.78. The van der Waals surface area contributed by atoms with E-state index in [2.05, 4.69) is 4.74 Å². The molecule has 1 aliphatic heterocycles. The van der Waals surface area contributed by atoms with Gasteiger partial charge in [0.15, 0.2) is 0 Å². The first-order valence-electron chi connectivity index (χ1n) is 7.74. The lowest BCUT2D eigenvalue weighted by Crippen LogP contribution is -2.42. The van der Waals surface area contributed by atoms with Gasteiger partial charge in [0.25, 0.3) is 0 Å². The SMILES string of the molecule is COC(=O)c1cccc(CS(=O)(=O)N2CCC(C(C)N)CC2)c1.Cl. The quantitative estimate of drug-likeness (QED) is 0.791. The fourth-order valence-corrected chi connectivity index (χ4v) is 4.44. The first-order chi connectivity index (χ1) is 10.8. The summed E-state index contributed by atoms with van der Waals surface area (Å²) in [6.07, 6.45) is 1.58. The standard InChI is InChI=1S/C16H24N2O4S.ClH/c1-12(17)14-6-8-18(9-7-14)23(20,21)11-13-4-3-5-15(10-13)16(19)22-2;/h3-5,10,12,14H,6-9,11,17H2,1-2H3;1H. The summed E-state index contributed by atoms with van der Waals surface area (Å²) in [5, 5.41) is 0. The van der Waals surface area contributed by atoms with E-state index in [0.29, 0.717) is 30.1 Å². The molecule has 8 heteroatoms. The summed E-state index contributed by atoms with van der Waals surface area (Å²) in [6.45, 7) is 2.98. The van der Waals surface area contributed by atoms with Crippen molar-refractivity contribution in [2.24, 2.45) is 11.7 Å². The molecular formula is C16H25ClN2O4S. The Morgan fingerprint density at radius 1 is 1.38 bits per heavy atom. The van der Waals surface area contributed by atoms with E-state index in [0.717, 1.165) is 12.8 Å². The summed E-state index contributed by atoms with van der Waals surface area (Å²) in [5.74, 6) is -0.202. The van der Waals surface area contributed by atoms with E-state index < -0.39 is 16.0 Å². The average molecular weight is 377 g/mol. The molecule has 0 saturated carbocycles. The number of hydrogen-bond donors (Lipinski definition) is 1. The molecule has 0 bridgehead atoms. The van der Waals surface area contributed by atoms with Crippen LogP contribution < -0.4 is 5.73 Å². The minimum Gasteiger partial charge on any atom is -0.465 e. The summed E-state index contributed by atoms with van der Waals surface area (Å²) < 4.78 is 31.3. The molecule has 0 spiro atoms. The van der Waals surface area contributed by atoms with Crippen LogP contribution in [-0.4, -0.2) is 44.9 Å². The van der Waals surface area contributed by atoms with Gasteiger partial charge in [-0.3, -0.25) is 0 Å². The Morgan fingerprint density at radius 2 is 2.00 bits per heavy atom. The molecule has 0 amide bonds. The zero-order chi connectivity index (χ0) is 17.0. The molecule has 1 aromatic rings. The Bertz CT molecular complexity index is 656. The minimum absolute atomic E-state index is 0. The lowest BCUT2D eigenvalue weighted by Gasteiger charge is -2.33. The number of ether oxygens (including phenoxy) is 1. The predicted molar refractivity (Wildman–Crippen MR) is 95.6 cm³/mol. The Morgan fingerprint density at radius 3 is 2.54 bits per heavy atom. The number of nitrogens with zero attached hydrogens (tertiary/aromatic N) is 1. The third kappa shape index (κ3) is 5.17. The lowest BCUT2D eigenvalue weighted by atomic mass is 9.92. The van der Waals surface area contributed by atoms with Crippen LogP contribution in [0.25, 0.3) is 0 Å². The normalized spacial score (nSPS) is 17.8. The third-order valence-corrected chi connectivity index (χ3v) is 6.18. The summed E-state index contributed by atoms with van der Waals surface area (Å²) in [5.41, 5.74) is 6.83. The number of methoxy groups -OCH3 is 1. The number of benzene rings is 1. The lowest BCUT2D eigenvalue weighted by molar-refractivity contribution is 0.0600. The molecule has 2 N–H and O–H groups in total. The van der Waals surface area contributed by atoms with Gasteiger partial charge in [-0.1, -0.05) is 12.1 Å². The first-order valence-corrected chi connectivity index (χ1v) is 9.35. The van der Waals surface area contributed by atoms with Crippen LogP contribution >= 0.6 is 12.4 Å². The van der Waals surface area contributed by atoms with E-state index in [1.54, 1.807) is 24.3 Å². The van der Waals surface area contributed by atoms with Crippen LogP contribution in [0, 0.1) is 5.92 Å². The smallest absolute Gasteiger partial charge is 0.337 e. The topological polar surface area (TPSA) is 89.7 Å². The number of halogens is 1. The summed E-state index contributed by atoms with van der Waals surface area (Å²) in [6, 6.07) is 6.64. The van der Waals surface area contributed by atoms with Crippen molar-refractivity contribution in [1.82, 2.24) is 4.31 Å². The van der Waals surface area contributed by atoms with Gasteiger partial charge in [0.05, 0.1) is 18.4 Å². The van der Waals surface area contributed by atoms with Gasteiger partial charge in [0, 0.05) is 19.1 Å². The van der Waals surface area contributed by atoms with Crippen molar-refractivity contribution >= 4 is 28.4 Å². The highest BCUT2D eigenvalue weighted by Crippen LogP contribution is 2.23. The molecule has 1 aliphatic rings. The van der Waals surface area contributed by atoms with Crippen LogP contribution in [0.4, 0.5) is 0 Å². The number of carbonyl (C=O) groups excluding carboxylic acids is 1. The molecular weight excluding hydrogens is 352 g/mol. The fourth-order valence-electron chi connectivity index (χ4n) is 2.89. The number of hydrogen-bond acceptors (Lipinski definition) is 5. The first kappa shape index (κ1) is 20.9. The Kier molecular flexibility index (Phi) is 7.66. The fraction of sp³-hybridized carbons (Fsp3) is 0.562. The number of rotatable bonds is 5. The molecule has 0 radical (unpaired) electrons. The largest absolute Gasteiger partial charge is 0.465 e. The second kappa shape index (κ2) is 8.80. The van der Waals surface area contributed by atoms with Crippen molar-refractivity contribution < 1.29 is 17.9 Å². The van der Waals surface area contributed by atoms with Gasteiger partial charge in [-0.25, -0.2) is 17.5 Å². The second-order valence-electron chi connectivity index (χ2n) is 6.04. The van der Waals surface area contributed by atoms with Crippen molar-refractivity contribution in [3.8, 4) is 0 Å². The summed E-state index contributed by atoms with van der Waals surface area (Å²) in [4.78, 5) is 11.5. The van der Waals surface area contributed by atoms with Crippen molar-refractivity contribution in [2.75, 3.05) is 20.2 Å². The number of piperidine rings is 1. The van der Waals surface area contributed by atoms with Crippen LogP contribution in [0.15, 0.2) is 24.3 Å². The number of nitrogens with two attached hydrogens (primary N) is 1. The Balaban J connectivity index is 0.00000288. The van der Waals surface area contributed by atoms with Crippen molar-refractivity contribution in [3.05, 3.63) is 35.4 Å². The molecule has 1 aromatic carbocycles. The maximum atomic E-state index is 12.6. The Hall–Kier alpha value is -1.15. The van der Waals surface area contributed by atoms with Gasteiger partial charge >= 0.3 is 5.97 Å². The molecule has 1 fully saturated rings. The zero-order valence-electron chi connectivity index (χ0n) is 14.0. The average Bonchev–Trinajstić information content (AvgIpc) is 2.54. The van der Waals surface area contributed by atoms with Crippen LogP contribution in [0.1, 0.15) is 35.7 Å². The Labute approximate surface area is 149 Å². The van der Waals surface area contributed by atoms with Gasteiger partial charge in [0.2, 0.25) is 10.0 Å². The van der Waals surface area contributed by atoms with E-state index in [9.17, 15) is 13.2 Å². The molecule has 0 aliphatic carbocycles. The summed E-state index contributed by atoms with van der Waals surface area (Å²) >= 11 is 0. The van der Waals surface area contributed by atoms with Crippen LogP contribution in [0.3, 0.4) is 0 Å². The molecule has 24 heavy (non-hydrogen) atoms. The van der Waals surface area contributed by atoms with E-state index in [-0.39, 0.29) is 24.2 Å². The monoisotopic (exact) mass is 376 g/mol. The maximum absolute atomic E-state index is 12.6. The molecule has 1 heterocycles. The van der Waals surface area contributed by atoms with Crippen LogP contribution in [0.5, 0.6) is 0 Å². The molecule has 6 nitrogen and oxygen atoms in total. The van der Waals surface area contributed by atoms with Gasteiger partial charge in [-0.05, 0) is 43.4 Å². The highest BCUT2D eigenvalue weighted by Gasteiger charge is 2.29. The van der Waals surface area contributed by atoms with Crippen LogP contribution in [-0.2, 0) is 20.5 Å². The molecule has 1 atom stereocenters.